The molecule has 1 aromatic carbocycles. The van der Waals surface area contributed by atoms with Crippen molar-refractivity contribution in [3.63, 3.8) is 0 Å². The van der Waals surface area contributed by atoms with E-state index in [2.05, 4.69) is 20.4 Å². The molecule has 1 aromatic heterocycles. The van der Waals surface area contributed by atoms with E-state index in [-0.39, 0.29) is 30.0 Å². The first-order valence-electron chi connectivity index (χ1n) is 9.67. The van der Waals surface area contributed by atoms with E-state index in [0.717, 1.165) is 10.7 Å². The van der Waals surface area contributed by atoms with Crippen LogP contribution in [-0.4, -0.2) is 48.0 Å². The number of carbonyl (C=O) groups excluding carboxylic acids is 1. The van der Waals surface area contributed by atoms with E-state index in [1.807, 2.05) is 0 Å². The van der Waals surface area contributed by atoms with Gasteiger partial charge < -0.3 is 9.47 Å². The van der Waals surface area contributed by atoms with Crippen LogP contribution in [0.1, 0.15) is 28.9 Å². The number of alkyl halides is 7. The van der Waals surface area contributed by atoms with Crippen molar-refractivity contribution in [2.24, 2.45) is 5.10 Å². The Kier molecular flexibility index (Phi) is 9.01. The predicted molar refractivity (Wildman–Crippen MR) is 106 cm³/mol. The Labute approximate surface area is 189 Å². The number of nitrogens with zero attached hydrogens (tertiary/aromatic N) is 3. The van der Waals surface area contributed by atoms with Crippen molar-refractivity contribution in [1.82, 2.24) is 15.2 Å². The Balaban J connectivity index is 1.92. The van der Waals surface area contributed by atoms with Crippen molar-refractivity contribution in [2.75, 3.05) is 13.7 Å². The molecule has 7 nitrogen and oxygen atoms in total. The summed E-state index contributed by atoms with van der Waals surface area (Å²) in [4.78, 5) is 11.9. The van der Waals surface area contributed by atoms with Crippen LogP contribution in [0.2, 0.25) is 0 Å². The van der Waals surface area contributed by atoms with E-state index in [4.69, 9.17) is 4.74 Å². The van der Waals surface area contributed by atoms with Crippen LogP contribution in [0.3, 0.4) is 0 Å². The maximum atomic E-state index is 13.0. The second-order valence-electron chi connectivity index (χ2n) is 7.06. The Morgan fingerprint density at radius 2 is 1.94 bits per heavy atom. The van der Waals surface area contributed by atoms with Gasteiger partial charge in [-0.25, -0.2) is 14.2 Å². The third-order valence-electron chi connectivity index (χ3n) is 4.40. The van der Waals surface area contributed by atoms with E-state index in [9.17, 15) is 35.5 Å². The van der Waals surface area contributed by atoms with Crippen LogP contribution in [-0.2, 0) is 28.9 Å². The first-order valence-corrected chi connectivity index (χ1v) is 9.67. The fourth-order valence-electron chi connectivity index (χ4n) is 2.67. The average Bonchev–Trinajstić information content (AvgIpc) is 3.13. The maximum absolute atomic E-state index is 13.0. The summed E-state index contributed by atoms with van der Waals surface area (Å²) in [6.07, 6.45) is -7.43. The van der Waals surface area contributed by atoms with E-state index in [1.54, 1.807) is 0 Å². The van der Waals surface area contributed by atoms with Gasteiger partial charge in [-0.1, -0.05) is 0 Å². The van der Waals surface area contributed by atoms with Crippen LogP contribution in [0.5, 0.6) is 5.75 Å². The van der Waals surface area contributed by atoms with Crippen molar-refractivity contribution in [2.45, 2.75) is 45.0 Å². The molecule has 0 bridgehead atoms. The van der Waals surface area contributed by atoms with Crippen molar-refractivity contribution < 1.29 is 45.0 Å². The van der Waals surface area contributed by atoms with Gasteiger partial charge in [0.1, 0.15) is 12.4 Å². The molecular weight excluding hydrogens is 477 g/mol. The highest BCUT2D eigenvalue weighted by Crippen LogP contribution is 2.28. The van der Waals surface area contributed by atoms with Crippen molar-refractivity contribution in [1.29, 1.82) is 0 Å². The molecule has 0 unspecified atom stereocenters. The number of benzene rings is 1. The molecule has 0 spiro atoms. The molecule has 0 radical (unpaired) electrons. The van der Waals surface area contributed by atoms with Gasteiger partial charge in [-0.3, -0.25) is 9.48 Å². The SMILES string of the molecule is COc1ccc(C=NNC(=O)CCn2nc(C(F)(F)F)cc2C)cc1COCC(F)(F)C(F)F. The zero-order valence-corrected chi connectivity index (χ0v) is 18.0. The lowest BCUT2D eigenvalue weighted by atomic mass is 10.1. The zero-order chi connectivity index (χ0) is 25.5. The lowest BCUT2D eigenvalue weighted by Gasteiger charge is -2.16. The third-order valence-corrected chi connectivity index (χ3v) is 4.40. The number of aryl methyl sites for hydroxylation is 2. The highest BCUT2D eigenvalue weighted by atomic mass is 19.4. The molecule has 188 valence electrons. The maximum Gasteiger partial charge on any atom is 0.435 e. The Morgan fingerprint density at radius 1 is 1.24 bits per heavy atom. The predicted octanol–water partition coefficient (Wildman–Crippen LogP) is 4.18. The molecule has 2 aromatic rings. The van der Waals surface area contributed by atoms with Gasteiger partial charge in [-0.15, -0.1) is 0 Å². The molecule has 0 atom stereocenters. The van der Waals surface area contributed by atoms with Gasteiger partial charge in [-0.05, 0) is 36.8 Å². The second-order valence-corrected chi connectivity index (χ2v) is 7.06. The molecule has 0 aliphatic heterocycles. The number of hydrogen-bond donors (Lipinski definition) is 1. The molecule has 1 N–H and O–H groups in total. The smallest absolute Gasteiger partial charge is 0.435 e. The monoisotopic (exact) mass is 498 g/mol. The van der Waals surface area contributed by atoms with Gasteiger partial charge in [0.25, 0.3) is 0 Å². The molecule has 0 saturated heterocycles. The number of rotatable bonds is 11. The molecule has 0 aliphatic rings. The van der Waals surface area contributed by atoms with E-state index < -0.39 is 43.3 Å². The van der Waals surface area contributed by atoms with Crippen LogP contribution in [0.15, 0.2) is 29.4 Å². The summed E-state index contributed by atoms with van der Waals surface area (Å²) < 4.78 is 99.2. The summed E-state index contributed by atoms with van der Waals surface area (Å²) in [5, 5.41) is 7.14. The highest BCUT2D eigenvalue weighted by molar-refractivity contribution is 5.82. The van der Waals surface area contributed by atoms with E-state index in [1.165, 1.54) is 38.4 Å². The number of carbonyl (C=O) groups is 1. The first-order chi connectivity index (χ1) is 15.8. The fraction of sp³-hybridized carbons (Fsp3) is 0.450. The number of aromatic nitrogens is 2. The topological polar surface area (TPSA) is 77.7 Å². The Hall–Kier alpha value is -3.16. The first kappa shape index (κ1) is 27.1. The van der Waals surface area contributed by atoms with E-state index in [0.29, 0.717) is 5.56 Å². The lowest BCUT2D eigenvalue weighted by Crippen LogP contribution is -2.32. The van der Waals surface area contributed by atoms with Gasteiger partial charge in [0.05, 0.1) is 26.5 Å². The van der Waals surface area contributed by atoms with Gasteiger partial charge >= 0.3 is 18.5 Å². The van der Waals surface area contributed by atoms with Crippen molar-refractivity contribution in [3.8, 4) is 5.75 Å². The summed E-state index contributed by atoms with van der Waals surface area (Å²) in [5.74, 6) is -4.63. The zero-order valence-electron chi connectivity index (χ0n) is 18.0. The average molecular weight is 498 g/mol. The highest BCUT2D eigenvalue weighted by Gasteiger charge is 2.41. The summed E-state index contributed by atoms with van der Waals surface area (Å²) in [5.41, 5.74) is 2.06. The number of ether oxygens (including phenoxy) is 2. The van der Waals surface area contributed by atoms with Crippen LogP contribution in [0.25, 0.3) is 0 Å². The Morgan fingerprint density at radius 3 is 2.53 bits per heavy atom. The summed E-state index contributed by atoms with van der Waals surface area (Å²) in [6, 6.07) is 5.29. The van der Waals surface area contributed by atoms with Crippen LogP contribution < -0.4 is 10.2 Å². The Bertz CT molecular complexity index is 1010. The van der Waals surface area contributed by atoms with Gasteiger partial charge in [0, 0.05) is 17.7 Å². The molecule has 34 heavy (non-hydrogen) atoms. The fourth-order valence-corrected chi connectivity index (χ4v) is 2.67. The molecule has 0 aliphatic carbocycles. The number of hydrazone groups is 1. The van der Waals surface area contributed by atoms with Gasteiger partial charge in [0.15, 0.2) is 5.69 Å². The lowest BCUT2D eigenvalue weighted by molar-refractivity contribution is -0.168. The number of halogens is 7. The minimum Gasteiger partial charge on any atom is -0.496 e. The van der Waals surface area contributed by atoms with Crippen LogP contribution in [0.4, 0.5) is 30.7 Å². The molecular formula is C20H21F7N4O3. The molecule has 0 saturated carbocycles. The van der Waals surface area contributed by atoms with E-state index >= 15 is 0 Å². The normalized spacial score (nSPS) is 12.5. The number of nitrogens with one attached hydrogen (secondary N) is 1. The van der Waals surface area contributed by atoms with Gasteiger partial charge in [0.2, 0.25) is 5.91 Å². The second kappa shape index (κ2) is 11.3. The van der Waals surface area contributed by atoms with Crippen LogP contribution >= 0.6 is 0 Å². The summed E-state index contributed by atoms with van der Waals surface area (Å²) in [6.45, 7) is -0.598. The quantitative estimate of drug-likeness (QED) is 0.287. The number of amides is 1. The molecule has 1 amide bonds. The third kappa shape index (κ3) is 7.71. The molecule has 1 heterocycles. The number of methoxy groups -OCH3 is 1. The van der Waals surface area contributed by atoms with Gasteiger partial charge in [-0.2, -0.15) is 32.2 Å². The number of hydrogen-bond acceptors (Lipinski definition) is 5. The van der Waals surface area contributed by atoms with Crippen molar-refractivity contribution in [3.05, 3.63) is 46.8 Å². The molecule has 2 rings (SSSR count). The molecule has 0 fully saturated rings. The molecule has 14 heteroatoms. The minimum atomic E-state index is -4.59. The summed E-state index contributed by atoms with van der Waals surface area (Å²) in [7, 11) is 1.32. The van der Waals surface area contributed by atoms with Crippen molar-refractivity contribution >= 4 is 12.1 Å². The van der Waals surface area contributed by atoms with Crippen LogP contribution in [0, 0.1) is 6.92 Å². The largest absolute Gasteiger partial charge is 0.496 e. The summed E-state index contributed by atoms with van der Waals surface area (Å²) >= 11 is 0. The standard InChI is InChI=1S/C20H21F7N4O3/c1-12-7-16(20(25,26)27)30-31(12)6-5-17(32)29-28-9-13-3-4-15(33-2)14(8-13)10-34-11-19(23,24)18(21)22/h3-4,7-9,18H,5-6,10-11H2,1-2H3,(H,29,32). The minimum absolute atomic E-state index is 0.101.